The number of phenols is 1. The van der Waals surface area contributed by atoms with Gasteiger partial charge < -0.3 is 15.3 Å². The summed E-state index contributed by atoms with van der Waals surface area (Å²) in [5.74, 6) is 1.03. The van der Waals surface area contributed by atoms with Gasteiger partial charge in [-0.05, 0) is 69.5 Å². The molecule has 2 rings (SSSR count). The van der Waals surface area contributed by atoms with Crippen LogP contribution in [0.15, 0.2) is 18.2 Å². The average molecular weight is 276 g/mol. The van der Waals surface area contributed by atoms with E-state index in [9.17, 15) is 9.90 Å². The first-order valence-electron chi connectivity index (χ1n) is 7.35. The van der Waals surface area contributed by atoms with E-state index < -0.39 is 0 Å². The summed E-state index contributed by atoms with van der Waals surface area (Å²) in [6.45, 7) is 4.60. The van der Waals surface area contributed by atoms with Gasteiger partial charge in [0.05, 0.1) is 0 Å². The maximum atomic E-state index is 12.5. The molecule has 0 radical (unpaired) electrons. The van der Waals surface area contributed by atoms with E-state index in [2.05, 4.69) is 5.32 Å². The standard InChI is InChI=1S/C16H24N2O2/c1-12-11-14(19)3-4-15(12)16(20)18-9-6-13(7-10-18)5-8-17-2/h3-4,11,13,17,19H,5-10H2,1-2H3. The Morgan fingerprint density at radius 2 is 2.10 bits per heavy atom. The quantitative estimate of drug-likeness (QED) is 0.886. The largest absolute Gasteiger partial charge is 0.508 e. The molecular formula is C16H24N2O2. The molecule has 1 amide bonds. The summed E-state index contributed by atoms with van der Waals surface area (Å²) in [6.07, 6.45) is 3.37. The van der Waals surface area contributed by atoms with Crippen LogP contribution in [0.4, 0.5) is 0 Å². The molecule has 0 unspecified atom stereocenters. The maximum absolute atomic E-state index is 12.5. The lowest BCUT2D eigenvalue weighted by atomic mass is 9.93. The van der Waals surface area contributed by atoms with Gasteiger partial charge >= 0.3 is 0 Å². The highest BCUT2D eigenvalue weighted by Crippen LogP contribution is 2.23. The Hall–Kier alpha value is -1.55. The van der Waals surface area contributed by atoms with Crippen LogP contribution in [0.3, 0.4) is 0 Å². The van der Waals surface area contributed by atoms with E-state index in [0.717, 1.165) is 44.0 Å². The Morgan fingerprint density at radius 3 is 2.70 bits per heavy atom. The van der Waals surface area contributed by atoms with Gasteiger partial charge in [0.25, 0.3) is 5.91 Å². The van der Waals surface area contributed by atoms with Crippen molar-refractivity contribution in [1.29, 1.82) is 0 Å². The SMILES string of the molecule is CNCCC1CCN(C(=O)c2ccc(O)cc2C)CC1. The zero-order valence-electron chi connectivity index (χ0n) is 12.4. The van der Waals surface area contributed by atoms with Gasteiger partial charge in [0.1, 0.15) is 5.75 Å². The van der Waals surface area contributed by atoms with E-state index in [1.807, 2.05) is 18.9 Å². The Kier molecular flexibility index (Phi) is 5.01. The number of amides is 1. The zero-order chi connectivity index (χ0) is 14.5. The lowest BCUT2D eigenvalue weighted by Gasteiger charge is -2.32. The fourth-order valence-corrected chi connectivity index (χ4v) is 2.83. The van der Waals surface area contributed by atoms with Crippen LogP contribution in [-0.4, -0.2) is 42.6 Å². The first-order valence-corrected chi connectivity index (χ1v) is 7.35. The first-order chi connectivity index (χ1) is 9.61. The van der Waals surface area contributed by atoms with Crippen molar-refractivity contribution in [2.45, 2.75) is 26.2 Å². The monoisotopic (exact) mass is 276 g/mol. The van der Waals surface area contributed by atoms with Crippen molar-refractivity contribution < 1.29 is 9.90 Å². The molecule has 1 heterocycles. The van der Waals surface area contributed by atoms with E-state index >= 15 is 0 Å². The third-order valence-corrected chi connectivity index (χ3v) is 4.14. The number of hydrogen-bond acceptors (Lipinski definition) is 3. The normalized spacial score (nSPS) is 16.4. The van der Waals surface area contributed by atoms with Gasteiger partial charge in [-0.2, -0.15) is 0 Å². The minimum Gasteiger partial charge on any atom is -0.508 e. The summed E-state index contributed by atoms with van der Waals surface area (Å²) in [6, 6.07) is 4.95. The van der Waals surface area contributed by atoms with Crippen molar-refractivity contribution in [3.63, 3.8) is 0 Å². The lowest BCUT2D eigenvalue weighted by molar-refractivity contribution is 0.0686. The van der Waals surface area contributed by atoms with Crippen molar-refractivity contribution in [1.82, 2.24) is 10.2 Å². The highest BCUT2D eigenvalue weighted by molar-refractivity contribution is 5.95. The second kappa shape index (κ2) is 6.75. The zero-order valence-corrected chi connectivity index (χ0v) is 12.4. The molecule has 1 aromatic rings. The highest BCUT2D eigenvalue weighted by atomic mass is 16.3. The van der Waals surface area contributed by atoms with Crippen LogP contribution in [0, 0.1) is 12.8 Å². The van der Waals surface area contributed by atoms with E-state index in [4.69, 9.17) is 0 Å². The molecule has 1 aromatic carbocycles. The number of hydrogen-bond donors (Lipinski definition) is 2. The van der Waals surface area contributed by atoms with Gasteiger partial charge in [-0.25, -0.2) is 0 Å². The summed E-state index contributed by atoms with van der Waals surface area (Å²) in [4.78, 5) is 14.4. The van der Waals surface area contributed by atoms with Crippen LogP contribution in [0.1, 0.15) is 35.2 Å². The Labute approximate surface area is 120 Å². The van der Waals surface area contributed by atoms with Crippen LogP contribution in [0.2, 0.25) is 0 Å². The highest BCUT2D eigenvalue weighted by Gasteiger charge is 2.24. The van der Waals surface area contributed by atoms with E-state index in [1.54, 1.807) is 18.2 Å². The molecule has 0 aromatic heterocycles. The summed E-state index contributed by atoms with van der Waals surface area (Å²) in [5, 5.41) is 12.6. The summed E-state index contributed by atoms with van der Waals surface area (Å²) in [7, 11) is 1.98. The topological polar surface area (TPSA) is 52.6 Å². The fourth-order valence-electron chi connectivity index (χ4n) is 2.83. The summed E-state index contributed by atoms with van der Waals surface area (Å²) in [5.41, 5.74) is 1.55. The average Bonchev–Trinajstić information content (AvgIpc) is 2.45. The number of carbonyl (C=O) groups excluding carboxylic acids is 1. The smallest absolute Gasteiger partial charge is 0.254 e. The van der Waals surface area contributed by atoms with Crippen LogP contribution < -0.4 is 5.32 Å². The molecule has 0 atom stereocenters. The lowest BCUT2D eigenvalue weighted by Crippen LogP contribution is -2.39. The van der Waals surface area contributed by atoms with Gasteiger partial charge in [0.15, 0.2) is 0 Å². The Morgan fingerprint density at radius 1 is 1.40 bits per heavy atom. The molecule has 0 saturated carbocycles. The second-order valence-electron chi connectivity index (χ2n) is 5.63. The minimum atomic E-state index is 0.0922. The van der Waals surface area contributed by atoms with E-state index in [0.29, 0.717) is 5.56 Å². The second-order valence-corrected chi connectivity index (χ2v) is 5.63. The molecule has 0 spiro atoms. The van der Waals surface area contributed by atoms with Gasteiger partial charge in [-0.3, -0.25) is 4.79 Å². The molecule has 1 aliphatic rings. The van der Waals surface area contributed by atoms with E-state index in [-0.39, 0.29) is 11.7 Å². The molecule has 1 aliphatic heterocycles. The third-order valence-electron chi connectivity index (χ3n) is 4.14. The van der Waals surface area contributed by atoms with Crippen molar-refractivity contribution in [3.8, 4) is 5.75 Å². The van der Waals surface area contributed by atoms with Crippen molar-refractivity contribution in [2.75, 3.05) is 26.7 Å². The van der Waals surface area contributed by atoms with Crippen molar-refractivity contribution in [2.24, 2.45) is 5.92 Å². The number of likely N-dealkylation sites (tertiary alicyclic amines) is 1. The molecule has 4 nitrogen and oxygen atoms in total. The molecule has 2 N–H and O–H groups in total. The number of aromatic hydroxyl groups is 1. The van der Waals surface area contributed by atoms with Gasteiger partial charge in [-0.1, -0.05) is 0 Å². The van der Waals surface area contributed by atoms with E-state index in [1.165, 1.54) is 6.42 Å². The molecule has 0 aliphatic carbocycles. The predicted octanol–water partition coefficient (Wildman–Crippen LogP) is 2.16. The number of rotatable bonds is 4. The summed E-state index contributed by atoms with van der Waals surface area (Å²) >= 11 is 0. The summed E-state index contributed by atoms with van der Waals surface area (Å²) < 4.78 is 0. The minimum absolute atomic E-state index is 0.0922. The van der Waals surface area contributed by atoms with Gasteiger partial charge in [-0.15, -0.1) is 0 Å². The molecule has 110 valence electrons. The van der Waals surface area contributed by atoms with Crippen molar-refractivity contribution >= 4 is 5.91 Å². The Bertz CT molecular complexity index is 466. The van der Waals surface area contributed by atoms with Crippen molar-refractivity contribution in [3.05, 3.63) is 29.3 Å². The number of aryl methyl sites for hydroxylation is 1. The van der Waals surface area contributed by atoms with Gasteiger partial charge in [0.2, 0.25) is 0 Å². The van der Waals surface area contributed by atoms with Crippen LogP contribution in [0.25, 0.3) is 0 Å². The van der Waals surface area contributed by atoms with Gasteiger partial charge in [0, 0.05) is 18.7 Å². The number of carbonyl (C=O) groups is 1. The first kappa shape index (κ1) is 14.9. The number of nitrogens with one attached hydrogen (secondary N) is 1. The number of phenolic OH excluding ortho intramolecular Hbond substituents is 1. The van der Waals surface area contributed by atoms with Crippen LogP contribution in [-0.2, 0) is 0 Å². The maximum Gasteiger partial charge on any atom is 0.254 e. The molecule has 1 fully saturated rings. The number of benzene rings is 1. The number of nitrogens with zero attached hydrogens (tertiary/aromatic N) is 1. The molecule has 20 heavy (non-hydrogen) atoms. The fraction of sp³-hybridized carbons (Fsp3) is 0.562. The molecule has 1 saturated heterocycles. The predicted molar refractivity (Wildman–Crippen MR) is 80.0 cm³/mol. The Balaban J connectivity index is 1.94. The van der Waals surface area contributed by atoms with Crippen LogP contribution >= 0.6 is 0 Å². The molecule has 0 bridgehead atoms. The number of piperidine rings is 1. The molecular weight excluding hydrogens is 252 g/mol. The third kappa shape index (κ3) is 3.51. The van der Waals surface area contributed by atoms with Crippen LogP contribution in [0.5, 0.6) is 5.75 Å². The molecule has 4 heteroatoms.